The number of ether oxygens (including phenoxy) is 1. The van der Waals surface area contributed by atoms with Crippen LogP contribution in [0.5, 0.6) is 5.75 Å². The number of hydrogen-bond donors (Lipinski definition) is 1. The van der Waals surface area contributed by atoms with Crippen molar-refractivity contribution in [2.24, 2.45) is 0 Å². The van der Waals surface area contributed by atoms with Crippen molar-refractivity contribution < 1.29 is 14.6 Å². The molecule has 0 amide bonds. The van der Waals surface area contributed by atoms with E-state index in [9.17, 15) is 4.79 Å². The summed E-state index contributed by atoms with van der Waals surface area (Å²) >= 11 is 0. The molecule has 1 N–H and O–H groups in total. The lowest BCUT2D eigenvalue weighted by Gasteiger charge is -2.01. The minimum atomic E-state index is 0.176. The van der Waals surface area contributed by atoms with Crippen molar-refractivity contribution in [3.8, 4) is 5.75 Å². The fraction of sp³-hybridized carbons (Fsp3) is 0.182. The van der Waals surface area contributed by atoms with E-state index in [4.69, 9.17) is 9.84 Å². The Kier molecular flexibility index (Phi) is 3.73. The highest BCUT2D eigenvalue weighted by Crippen LogP contribution is 2.16. The molecule has 1 aromatic carbocycles. The number of aldehydes is 1. The fourth-order valence-corrected chi connectivity index (χ4v) is 0.991. The highest BCUT2D eigenvalue weighted by atomic mass is 16.5. The van der Waals surface area contributed by atoms with Crippen LogP contribution in [0.4, 0.5) is 0 Å². The number of benzene rings is 1. The lowest BCUT2D eigenvalue weighted by Crippen LogP contribution is -1.88. The number of carbonyl (C=O) groups excluding carboxylic acids is 1. The largest absolute Gasteiger partial charge is 0.508 e. The minimum absolute atomic E-state index is 0.176. The van der Waals surface area contributed by atoms with E-state index < -0.39 is 0 Å². The number of phenolic OH excluding ortho intramolecular Hbond substituents is 1. The van der Waals surface area contributed by atoms with Gasteiger partial charge < -0.3 is 9.84 Å². The molecule has 0 aliphatic rings. The van der Waals surface area contributed by atoms with Crippen LogP contribution in [-0.2, 0) is 9.53 Å². The maximum Gasteiger partial charge on any atom is 0.153 e. The van der Waals surface area contributed by atoms with Crippen LogP contribution in [0.3, 0.4) is 0 Å². The van der Waals surface area contributed by atoms with Crippen molar-refractivity contribution in [1.82, 2.24) is 0 Å². The number of aromatic hydroxyl groups is 1. The minimum Gasteiger partial charge on any atom is -0.508 e. The van der Waals surface area contributed by atoms with Crippen LogP contribution in [-0.4, -0.2) is 18.0 Å². The van der Waals surface area contributed by atoms with Gasteiger partial charge in [-0.25, -0.2) is 0 Å². The summed E-state index contributed by atoms with van der Waals surface area (Å²) in [7, 11) is 0. The van der Waals surface area contributed by atoms with Gasteiger partial charge in [-0.2, -0.15) is 0 Å². The molecule has 0 bridgehead atoms. The standard InChI is InChI=1S/C11H12O3/c1-2-14-8-10(7-12)9-3-5-11(13)6-4-9/h3-8,13H,2H2,1H3/b10-8-. The SMILES string of the molecule is CCO/C=C(/C=O)c1ccc(O)cc1. The lowest BCUT2D eigenvalue weighted by molar-refractivity contribution is -0.103. The first kappa shape index (κ1) is 10.3. The van der Waals surface area contributed by atoms with Crippen LogP contribution < -0.4 is 0 Å². The molecule has 0 aliphatic carbocycles. The van der Waals surface area contributed by atoms with Crippen LogP contribution in [0.2, 0.25) is 0 Å². The Bertz CT molecular complexity index is 325. The number of carbonyl (C=O) groups is 1. The molecule has 3 nitrogen and oxygen atoms in total. The molecule has 0 spiro atoms. The summed E-state index contributed by atoms with van der Waals surface area (Å²) in [5.41, 5.74) is 1.19. The van der Waals surface area contributed by atoms with Crippen molar-refractivity contribution in [2.75, 3.05) is 6.61 Å². The topological polar surface area (TPSA) is 46.5 Å². The molecule has 0 saturated heterocycles. The van der Waals surface area contributed by atoms with Gasteiger partial charge in [0.2, 0.25) is 0 Å². The predicted molar refractivity (Wildman–Crippen MR) is 53.8 cm³/mol. The smallest absolute Gasteiger partial charge is 0.153 e. The van der Waals surface area contributed by atoms with Crippen LogP contribution in [0, 0.1) is 0 Å². The average Bonchev–Trinajstić information content (AvgIpc) is 2.21. The summed E-state index contributed by atoms with van der Waals surface area (Å²) in [5.74, 6) is 0.176. The normalized spacial score (nSPS) is 11.1. The van der Waals surface area contributed by atoms with Crippen LogP contribution >= 0.6 is 0 Å². The van der Waals surface area contributed by atoms with Gasteiger partial charge in [-0.3, -0.25) is 4.79 Å². The third-order valence-electron chi connectivity index (χ3n) is 1.70. The molecule has 0 atom stereocenters. The van der Waals surface area contributed by atoms with Crippen molar-refractivity contribution in [2.45, 2.75) is 6.92 Å². The zero-order valence-corrected chi connectivity index (χ0v) is 7.93. The zero-order valence-electron chi connectivity index (χ0n) is 7.93. The van der Waals surface area contributed by atoms with E-state index in [1.54, 1.807) is 12.1 Å². The van der Waals surface area contributed by atoms with Gasteiger partial charge in [0.1, 0.15) is 5.75 Å². The molecule has 1 rings (SSSR count). The Hall–Kier alpha value is -1.77. The third-order valence-corrected chi connectivity index (χ3v) is 1.70. The molecular formula is C11H12O3. The van der Waals surface area contributed by atoms with E-state index >= 15 is 0 Å². The van der Waals surface area contributed by atoms with Gasteiger partial charge in [0.25, 0.3) is 0 Å². The van der Waals surface area contributed by atoms with E-state index in [2.05, 4.69) is 0 Å². The maximum atomic E-state index is 10.7. The van der Waals surface area contributed by atoms with Crippen LogP contribution in [0.25, 0.3) is 5.57 Å². The fourth-order valence-electron chi connectivity index (χ4n) is 0.991. The van der Waals surface area contributed by atoms with Crippen LogP contribution in [0.1, 0.15) is 12.5 Å². The molecule has 74 valence electrons. The molecule has 0 heterocycles. The van der Waals surface area contributed by atoms with Crippen molar-refractivity contribution >= 4 is 11.9 Å². The Labute approximate surface area is 82.6 Å². The molecule has 0 aliphatic heterocycles. The average molecular weight is 192 g/mol. The van der Waals surface area contributed by atoms with Gasteiger partial charge in [0.05, 0.1) is 18.4 Å². The van der Waals surface area contributed by atoms with Gasteiger partial charge in [-0.05, 0) is 24.6 Å². The monoisotopic (exact) mass is 192 g/mol. The van der Waals surface area contributed by atoms with Gasteiger partial charge >= 0.3 is 0 Å². The highest BCUT2D eigenvalue weighted by molar-refractivity contribution is 6.06. The maximum absolute atomic E-state index is 10.7. The summed E-state index contributed by atoms with van der Waals surface area (Å²) in [6.45, 7) is 2.37. The molecule has 14 heavy (non-hydrogen) atoms. The zero-order chi connectivity index (χ0) is 10.4. The van der Waals surface area contributed by atoms with Gasteiger partial charge in [-0.15, -0.1) is 0 Å². The van der Waals surface area contributed by atoms with E-state index in [1.807, 2.05) is 6.92 Å². The number of rotatable bonds is 4. The predicted octanol–water partition coefficient (Wildman–Crippen LogP) is 1.97. The Morgan fingerprint density at radius 3 is 2.57 bits per heavy atom. The number of allylic oxidation sites excluding steroid dienone is 1. The Balaban J connectivity index is 2.89. The van der Waals surface area contributed by atoms with E-state index in [-0.39, 0.29) is 5.75 Å². The van der Waals surface area contributed by atoms with E-state index in [0.717, 1.165) is 11.8 Å². The summed E-state index contributed by atoms with van der Waals surface area (Å²) in [5, 5.41) is 9.05. The van der Waals surface area contributed by atoms with Crippen molar-refractivity contribution in [1.29, 1.82) is 0 Å². The Morgan fingerprint density at radius 2 is 2.07 bits per heavy atom. The van der Waals surface area contributed by atoms with Gasteiger partial charge in [0.15, 0.2) is 6.29 Å². The second-order valence-electron chi connectivity index (χ2n) is 2.69. The summed E-state index contributed by atoms with van der Waals surface area (Å²) in [6.07, 6.45) is 2.14. The van der Waals surface area contributed by atoms with Crippen molar-refractivity contribution in [3.63, 3.8) is 0 Å². The molecular weight excluding hydrogens is 180 g/mol. The summed E-state index contributed by atoms with van der Waals surface area (Å²) < 4.78 is 5.02. The molecule has 0 saturated carbocycles. The van der Waals surface area contributed by atoms with E-state index in [1.165, 1.54) is 18.4 Å². The van der Waals surface area contributed by atoms with Gasteiger partial charge in [0, 0.05) is 0 Å². The molecule has 0 aromatic heterocycles. The summed E-state index contributed by atoms with van der Waals surface area (Å²) in [4.78, 5) is 10.7. The molecule has 3 heteroatoms. The van der Waals surface area contributed by atoms with Gasteiger partial charge in [-0.1, -0.05) is 12.1 Å². The number of phenols is 1. The third kappa shape index (κ3) is 2.62. The molecule has 1 aromatic rings. The summed E-state index contributed by atoms with van der Waals surface area (Å²) in [6, 6.07) is 6.38. The first-order valence-corrected chi connectivity index (χ1v) is 4.34. The molecule has 0 unspecified atom stereocenters. The quantitative estimate of drug-likeness (QED) is 0.450. The highest BCUT2D eigenvalue weighted by Gasteiger charge is 1.99. The van der Waals surface area contributed by atoms with Crippen LogP contribution in [0.15, 0.2) is 30.5 Å². The van der Waals surface area contributed by atoms with E-state index in [0.29, 0.717) is 12.2 Å². The van der Waals surface area contributed by atoms with Crippen molar-refractivity contribution in [3.05, 3.63) is 36.1 Å². The number of hydrogen-bond acceptors (Lipinski definition) is 3. The molecule has 0 fully saturated rings. The second-order valence-corrected chi connectivity index (χ2v) is 2.69. The first-order valence-electron chi connectivity index (χ1n) is 4.34. The second kappa shape index (κ2) is 5.07. The molecule has 0 radical (unpaired) electrons. The first-order chi connectivity index (χ1) is 6.77. The Morgan fingerprint density at radius 1 is 1.43 bits per heavy atom. The lowest BCUT2D eigenvalue weighted by atomic mass is 10.1.